The zero-order chi connectivity index (χ0) is 9.68. The molecule has 1 rings (SSSR count). The van der Waals surface area contributed by atoms with E-state index in [4.69, 9.17) is 11.6 Å². The number of rotatable bonds is 5. The Bertz CT molecular complexity index is 225. The highest BCUT2D eigenvalue weighted by Gasteiger charge is 2.07. The molecule has 1 aromatic rings. The molecule has 0 aliphatic carbocycles. The molecule has 0 saturated carbocycles. The lowest BCUT2D eigenvalue weighted by molar-refractivity contribution is 0.572. The van der Waals surface area contributed by atoms with Gasteiger partial charge in [0.2, 0.25) is 5.13 Å². The van der Waals surface area contributed by atoms with Gasteiger partial charge in [-0.1, -0.05) is 13.8 Å². The van der Waals surface area contributed by atoms with Crippen molar-refractivity contribution in [3.8, 4) is 0 Å². The molecule has 3 nitrogen and oxygen atoms in total. The molecule has 0 fully saturated rings. The van der Waals surface area contributed by atoms with Crippen LogP contribution in [0.5, 0.6) is 0 Å². The van der Waals surface area contributed by atoms with Crippen molar-refractivity contribution in [2.45, 2.75) is 25.6 Å². The van der Waals surface area contributed by atoms with E-state index >= 15 is 0 Å². The first-order chi connectivity index (χ1) is 6.18. The summed E-state index contributed by atoms with van der Waals surface area (Å²) < 4.78 is 3.89. The van der Waals surface area contributed by atoms with Gasteiger partial charge in [0.25, 0.3) is 0 Å². The number of hydrogen-bond donors (Lipinski definition) is 1. The summed E-state index contributed by atoms with van der Waals surface area (Å²) in [6.07, 6.45) is 2.56. The summed E-state index contributed by atoms with van der Waals surface area (Å²) in [6.45, 7) is 5.09. The van der Waals surface area contributed by atoms with Crippen LogP contribution in [-0.2, 0) is 0 Å². The van der Waals surface area contributed by atoms with Crippen molar-refractivity contribution < 1.29 is 0 Å². The minimum atomic E-state index is 0.170. The van der Waals surface area contributed by atoms with Crippen LogP contribution in [-0.4, -0.2) is 21.3 Å². The van der Waals surface area contributed by atoms with Crippen LogP contribution >= 0.6 is 23.1 Å². The summed E-state index contributed by atoms with van der Waals surface area (Å²) in [6, 6.07) is 0. The molecule has 0 radical (unpaired) electrons. The molecule has 5 heteroatoms. The monoisotopic (exact) mass is 219 g/mol. The number of nitrogens with one attached hydrogen (secondary N) is 1. The first-order valence-corrected chi connectivity index (χ1v) is 5.54. The van der Waals surface area contributed by atoms with Gasteiger partial charge < -0.3 is 5.32 Å². The molecule has 1 atom stereocenters. The van der Waals surface area contributed by atoms with Gasteiger partial charge in [-0.05, 0) is 12.3 Å². The summed E-state index contributed by atoms with van der Waals surface area (Å²) in [5.41, 5.74) is 0. The smallest absolute Gasteiger partial charge is 0.202 e. The molecule has 1 heterocycles. The van der Waals surface area contributed by atoms with Crippen molar-refractivity contribution in [1.82, 2.24) is 9.36 Å². The van der Waals surface area contributed by atoms with Gasteiger partial charge in [-0.15, -0.1) is 11.6 Å². The van der Waals surface area contributed by atoms with Crippen molar-refractivity contribution in [3.63, 3.8) is 0 Å². The highest BCUT2D eigenvalue weighted by Crippen LogP contribution is 2.13. The number of halogens is 1. The van der Waals surface area contributed by atoms with Gasteiger partial charge in [-0.2, -0.15) is 4.37 Å². The summed E-state index contributed by atoms with van der Waals surface area (Å²) >= 11 is 7.44. The average molecular weight is 220 g/mol. The van der Waals surface area contributed by atoms with E-state index in [1.54, 1.807) is 6.33 Å². The molecule has 0 bridgehead atoms. The summed E-state index contributed by atoms with van der Waals surface area (Å²) in [4.78, 5) is 4.01. The molecule has 0 aliphatic heterocycles. The van der Waals surface area contributed by atoms with E-state index in [2.05, 4.69) is 28.5 Å². The molecule has 0 amide bonds. The highest BCUT2D eigenvalue weighted by atomic mass is 35.5. The zero-order valence-electron chi connectivity index (χ0n) is 7.83. The fourth-order valence-corrected chi connectivity index (χ4v) is 1.91. The lowest BCUT2D eigenvalue weighted by Crippen LogP contribution is -2.15. The maximum Gasteiger partial charge on any atom is 0.202 e. The molecule has 1 N–H and O–H groups in total. The number of alkyl halides is 1. The number of aromatic nitrogens is 2. The van der Waals surface area contributed by atoms with Crippen molar-refractivity contribution in [3.05, 3.63) is 6.33 Å². The topological polar surface area (TPSA) is 37.8 Å². The van der Waals surface area contributed by atoms with E-state index in [0.717, 1.165) is 18.1 Å². The minimum Gasteiger partial charge on any atom is -0.359 e. The van der Waals surface area contributed by atoms with Crippen LogP contribution in [0.4, 0.5) is 5.13 Å². The molecule has 0 saturated heterocycles. The Kier molecular flexibility index (Phi) is 4.45. The van der Waals surface area contributed by atoms with E-state index in [9.17, 15) is 0 Å². The molecule has 13 heavy (non-hydrogen) atoms. The van der Waals surface area contributed by atoms with Crippen LogP contribution in [0.1, 0.15) is 20.3 Å². The molecule has 1 unspecified atom stereocenters. The Hall–Kier alpha value is -0.350. The molecular weight excluding hydrogens is 206 g/mol. The lowest BCUT2D eigenvalue weighted by Gasteiger charge is -2.11. The van der Waals surface area contributed by atoms with E-state index in [1.807, 2.05) is 0 Å². The molecule has 0 aliphatic rings. The van der Waals surface area contributed by atoms with Crippen LogP contribution in [0.2, 0.25) is 0 Å². The summed E-state index contributed by atoms with van der Waals surface area (Å²) in [5, 5.41) is 4.16. The lowest BCUT2D eigenvalue weighted by atomic mass is 10.1. The second kappa shape index (κ2) is 5.40. The Labute approximate surface area is 87.7 Å². The van der Waals surface area contributed by atoms with Crippen molar-refractivity contribution in [2.75, 3.05) is 11.9 Å². The first-order valence-electron chi connectivity index (χ1n) is 4.33. The predicted octanol–water partition coefficient (Wildman–Crippen LogP) is 2.60. The average Bonchev–Trinajstić information content (AvgIpc) is 2.51. The van der Waals surface area contributed by atoms with E-state index in [0.29, 0.717) is 5.92 Å². The predicted molar refractivity (Wildman–Crippen MR) is 57.5 cm³/mol. The molecule has 1 aromatic heterocycles. The van der Waals surface area contributed by atoms with Gasteiger partial charge >= 0.3 is 0 Å². The molecule has 0 aromatic carbocycles. The second-order valence-corrected chi connectivity index (χ2v) is 4.75. The van der Waals surface area contributed by atoms with Crippen LogP contribution in [0.25, 0.3) is 0 Å². The third-order valence-electron chi connectivity index (χ3n) is 1.56. The van der Waals surface area contributed by atoms with Gasteiger partial charge in [-0.3, -0.25) is 0 Å². The Morgan fingerprint density at radius 3 is 2.92 bits per heavy atom. The normalized spacial score (nSPS) is 13.2. The van der Waals surface area contributed by atoms with Crippen molar-refractivity contribution in [1.29, 1.82) is 0 Å². The second-order valence-electron chi connectivity index (χ2n) is 3.35. The maximum absolute atomic E-state index is 6.09. The first kappa shape index (κ1) is 10.7. The van der Waals surface area contributed by atoms with Gasteiger partial charge in [0, 0.05) is 18.1 Å². The number of nitrogens with zero attached hydrogens (tertiary/aromatic N) is 2. The fourth-order valence-electron chi connectivity index (χ4n) is 1.04. The fraction of sp³-hybridized carbons (Fsp3) is 0.750. The van der Waals surface area contributed by atoms with Crippen molar-refractivity contribution >= 4 is 28.3 Å². The minimum absolute atomic E-state index is 0.170. The van der Waals surface area contributed by atoms with Crippen LogP contribution in [0.15, 0.2) is 6.33 Å². The zero-order valence-corrected chi connectivity index (χ0v) is 9.40. The van der Waals surface area contributed by atoms with Crippen LogP contribution < -0.4 is 5.32 Å². The standard InChI is InChI=1S/C8H14ClN3S/c1-6(2)3-7(9)4-10-8-11-5-12-13-8/h5-7H,3-4H2,1-2H3,(H,10,11,12). The van der Waals surface area contributed by atoms with Gasteiger partial charge in [-0.25, -0.2) is 4.98 Å². The third-order valence-corrected chi connectivity index (χ3v) is 2.52. The van der Waals surface area contributed by atoms with Gasteiger partial charge in [0.05, 0.1) is 5.38 Å². The number of hydrogen-bond acceptors (Lipinski definition) is 4. The quantitative estimate of drug-likeness (QED) is 0.774. The molecule has 74 valence electrons. The maximum atomic E-state index is 6.09. The Morgan fingerprint density at radius 2 is 2.38 bits per heavy atom. The van der Waals surface area contributed by atoms with Crippen LogP contribution in [0, 0.1) is 5.92 Å². The van der Waals surface area contributed by atoms with Gasteiger partial charge in [0.15, 0.2) is 0 Å². The number of anilines is 1. The van der Waals surface area contributed by atoms with E-state index < -0.39 is 0 Å². The van der Waals surface area contributed by atoms with E-state index in [1.165, 1.54) is 11.5 Å². The highest BCUT2D eigenvalue weighted by molar-refractivity contribution is 7.09. The summed E-state index contributed by atoms with van der Waals surface area (Å²) in [5.74, 6) is 0.638. The summed E-state index contributed by atoms with van der Waals surface area (Å²) in [7, 11) is 0. The van der Waals surface area contributed by atoms with Crippen molar-refractivity contribution in [2.24, 2.45) is 5.92 Å². The largest absolute Gasteiger partial charge is 0.359 e. The van der Waals surface area contributed by atoms with Gasteiger partial charge in [0.1, 0.15) is 6.33 Å². The third kappa shape index (κ3) is 4.43. The SMILES string of the molecule is CC(C)CC(Cl)CNc1ncns1. The molecular formula is C8H14ClN3S. The van der Waals surface area contributed by atoms with E-state index in [-0.39, 0.29) is 5.38 Å². The Morgan fingerprint density at radius 1 is 1.62 bits per heavy atom. The molecule has 0 spiro atoms. The Balaban J connectivity index is 2.19. The van der Waals surface area contributed by atoms with Crippen LogP contribution in [0.3, 0.4) is 0 Å².